The van der Waals surface area contributed by atoms with E-state index in [1.54, 1.807) is 0 Å². The number of para-hydroxylation sites is 1. The van der Waals surface area contributed by atoms with Crippen molar-refractivity contribution in [3.8, 4) is 0 Å². The molecule has 2 aromatic carbocycles. The number of piperidine rings is 1. The SMILES string of the molecule is CN1CC[C@@H]2[C@@H](C1)c1cccc(Sc3ccc(N)cc3)c1N2C. The number of nitrogens with zero attached hydrogens (tertiary/aromatic N) is 2. The summed E-state index contributed by atoms with van der Waals surface area (Å²) in [6.07, 6.45) is 1.25. The number of fused-ring (bicyclic) bond motifs is 3. The highest BCUT2D eigenvalue weighted by molar-refractivity contribution is 7.99. The van der Waals surface area contributed by atoms with E-state index >= 15 is 0 Å². The van der Waals surface area contributed by atoms with Crippen LogP contribution in [0.2, 0.25) is 0 Å². The minimum atomic E-state index is 0.640. The summed E-state index contributed by atoms with van der Waals surface area (Å²) >= 11 is 1.84. The molecule has 0 unspecified atom stereocenters. The fraction of sp³-hybridized carbons (Fsp3) is 0.368. The second kappa shape index (κ2) is 5.77. The van der Waals surface area contributed by atoms with E-state index in [1.807, 2.05) is 23.9 Å². The number of hydrogen-bond acceptors (Lipinski definition) is 4. The molecule has 0 radical (unpaired) electrons. The summed E-state index contributed by atoms with van der Waals surface area (Å²) < 4.78 is 0. The Bertz CT molecular complexity index is 713. The molecular formula is C19H23N3S. The number of anilines is 2. The third kappa shape index (κ3) is 2.60. The molecule has 0 saturated carbocycles. The minimum absolute atomic E-state index is 0.640. The van der Waals surface area contributed by atoms with Crippen molar-refractivity contribution in [1.82, 2.24) is 4.90 Å². The van der Waals surface area contributed by atoms with Crippen LogP contribution in [0.5, 0.6) is 0 Å². The van der Waals surface area contributed by atoms with Gasteiger partial charge in [-0.15, -0.1) is 0 Å². The summed E-state index contributed by atoms with van der Waals surface area (Å²) in [5.41, 5.74) is 9.57. The van der Waals surface area contributed by atoms with Crippen LogP contribution in [0.25, 0.3) is 0 Å². The summed E-state index contributed by atoms with van der Waals surface area (Å²) in [6.45, 7) is 2.36. The Balaban J connectivity index is 1.70. The third-order valence-electron chi connectivity index (χ3n) is 5.17. The van der Waals surface area contributed by atoms with Crippen molar-refractivity contribution >= 4 is 23.1 Å². The Morgan fingerprint density at radius 1 is 1.09 bits per heavy atom. The van der Waals surface area contributed by atoms with Crippen LogP contribution >= 0.6 is 11.8 Å². The lowest BCUT2D eigenvalue weighted by atomic mass is 9.89. The number of benzene rings is 2. The van der Waals surface area contributed by atoms with Crippen molar-refractivity contribution in [3.05, 3.63) is 48.0 Å². The number of likely N-dealkylation sites (N-methyl/N-ethyl adjacent to an activating group) is 2. The van der Waals surface area contributed by atoms with Crippen LogP contribution in [0.4, 0.5) is 11.4 Å². The molecular weight excluding hydrogens is 302 g/mol. The van der Waals surface area contributed by atoms with Gasteiger partial charge in [-0.25, -0.2) is 0 Å². The summed E-state index contributed by atoms with van der Waals surface area (Å²) in [5, 5.41) is 0. The molecule has 0 amide bonds. The molecule has 1 fully saturated rings. The Hall–Kier alpha value is -1.65. The second-order valence-corrected chi connectivity index (χ2v) is 7.82. The smallest absolute Gasteiger partial charge is 0.0544 e. The van der Waals surface area contributed by atoms with Gasteiger partial charge in [0, 0.05) is 41.0 Å². The molecule has 0 aliphatic carbocycles. The highest BCUT2D eigenvalue weighted by Crippen LogP contribution is 2.49. The van der Waals surface area contributed by atoms with Gasteiger partial charge in [0.2, 0.25) is 0 Å². The van der Waals surface area contributed by atoms with E-state index in [2.05, 4.69) is 54.2 Å². The van der Waals surface area contributed by atoms with E-state index in [-0.39, 0.29) is 0 Å². The van der Waals surface area contributed by atoms with Crippen molar-refractivity contribution in [3.63, 3.8) is 0 Å². The minimum Gasteiger partial charge on any atom is -0.399 e. The molecule has 4 rings (SSSR count). The van der Waals surface area contributed by atoms with Gasteiger partial charge in [-0.1, -0.05) is 23.9 Å². The first-order valence-electron chi connectivity index (χ1n) is 8.21. The van der Waals surface area contributed by atoms with Gasteiger partial charge in [0.15, 0.2) is 0 Å². The molecule has 23 heavy (non-hydrogen) atoms. The van der Waals surface area contributed by atoms with Crippen LogP contribution in [0, 0.1) is 0 Å². The van der Waals surface area contributed by atoms with Gasteiger partial charge < -0.3 is 15.5 Å². The van der Waals surface area contributed by atoms with E-state index in [0.717, 1.165) is 12.2 Å². The van der Waals surface area contributed by atoms with Gasteiger partial charge in [-0.05, 0) is 55.9 Å². The molecule has 2 N–H and O–H groups in total. The predicted octanol–water partition coefficient (Wildman–Crippen LogP) is 3.66. The maximum absolute atomic E-state index is 5.80. The Morgan fingerprint density at radius 3 is 2.65 bits per heavy atom. The first-order chi connectivity index (χ1) is 11.1. The fourth-order valence-electron chi connectivity index (χ4n) is 4.00. The summed E-state index contributed by atoms with van der Waals surface area (Å²) in [6, 6.07) is 15.6. The summed E-state index contributed by atoms with van der Waals surface area (Å²) in [5.74, 6) is 0.640. The zero-order chi connectivity index (χ0) is 16.0. The third-order valence-corrected chi connectivity index (χ3v) is 6.22. The zero-order valence-electron chi connectivity index (χ0n) is 13.7. The Labute approximate surface area is 142 Å². The average Bonchev–Trinajstić information content (AvgIpc) is 2.83. The number of hydrogen-bond donors (Lipinski definition) is 1. The van der Waals surface area contributed by atoms with Crippen LogP contribution in [-0.2, 0) is 0 Å². The largest absolute Gasteiger partial charge is 0.399 e. The van der Waals surface area contributed by atoms with E-state index in [0.29, 0.717) is 12.0 Å². The van der Waals surface area contributed by atoms with E-state index < -0.39 is 0 Å². The average molecular weight is 325 g/mol. The molecule has 2 aliphatic rings. The van der Waals surface area contributed by atoms with E-state index in [4.69, 9.17) is 5.73 Å². The quantitative estimate of drug-likeness (QED) is 0.854. The molecule has 0 bridgehead atoms. The molecule has 120 valence electrons. The number of rotatable bonds is 2. The van der Waals surface area contributed by atoms with Crippen molar-refractivity contribution in [2.45, 2.75) is 28.2 Å². The van der Waals surface area contributed by atoms with Crippen LogP contribution in [-0.4, -0.2) is 38.1 Å². The van der Waals surface area contributed by atoms with Crippen molar-refractivity contribution in [2.75, 3.05) is 37.8 Å². The summed E-state index contributed by atoms with van der Waals surface area (Å²) in [4.78, 5) is 7.58. The maximum atomic E-state index is 5.80. The Kier molecular flexibility index (Phi) is 3.74. The van der Waals surface area contributed by atoms with Gasteiger partial charge in [-0.3, -0.25) is 0 Å². The van der Waals surface area contributed by atoms with Gasteiger partial charge in [0.1, 0.15) is 0 Å². The summed E-state index contributed by atoms with van der Waals surface area (Å²) in [7, 11) is 4.50. The van der Waals surface area contributed by atoms with Crippen molar-refractivity contribution in [1.29, 1.82) is 0 Å². The number of nitrogens with two attached hydrogens (primary N) is 1. The van der Waals surface area contributed by atoms with E-state index in [9.17, 15) is 0 Å². The van der Waals surface area contributed by atoms with Crippen molar-refractivity contribution in [2.24, 2.45) is 0 Å². The molecule has 1 saturated heterocycles. The molecule has 0 spiro atoms. The van der Waals surface area contributed by atoms with Crippen LogP contribution in [0.1, 0.15) is 17.9 Å². The molecule has 3 nitrogen and oxygen atoms in total. The van der Waals surface area contributed by atoms with Crippen LogP contribution in [0.15, 0.2) is 52.3 Å². The molecule has 2 aromatic rings. The Morgan fingerprint density at radius 2 is 1.87 bits per heavy atom. The van der Waals surface area contributed by atoms with E-state index in [1.165, 1.54) is 34.0 Å². The molecule has 2 aliphatic heterocycles. The molecule has 2 atom stereocenters. The lowest BCUT2D eigenvalue weighted by Gasteiger charge is -2.35. The van der Waals surface area contributed by atoms with Gasteiger partial charge in [-0.2, -0.15) is 0 Å². The lowest BCUT2D eigenvalue weighted by Crippen LogP contribution is -2.43. The lowest BCUT2D eigenvalue weighted by molar-refractivity contribution is 0.234. The molecule has 0 aromatic heterocycles. The van der Waals surface area contributed by atoms with Crippen molar-refractivity contribution < 1.29 is 0 Å². The zero-order valence-corrected chi connectivity index (χ0v) is 14.5. The monoisotopic (exact) mass is 325 g/mol. The second-order valence-electron chi connectivity index (χ2n) is 6.70. The van der Waals surface area contributed by atoms with Gasteiger partial charge in [0.25, 0.3) is 0 Å². The first-order valence-corrected chi connectivity index (χ1v) is 9.03. The highest BCUT2D eigenvalue weighted by atomic mass is 32.2. The highest BCUT2D eigenvalue weighted by Gasteiger charge is 2.40. The number of nitrogen functional groups attached to an aromatic ring is 1. The fourth-order valence-corrected chi connectivity index (χ4v) is 5.03. The normalized spacial score (nSPS) is 23.7. The van der Waals surface area contributed by atoms with Gasteiger partial charge in [0.05, 0.1) is 5.69 Å². The first kappa shape index (κ1) is 14.9. The number of likely N-dealkylation sites (tertiary alicyclic amines) is 1. The van der Waals surface area contributed by atoms with Crippen LogP contribution < -0.4 is 10.6 Å². The molecule has 4 heteroatoms. The maximum Gasteiger partial charge on any atom is 0.0544 e. The van der Waals surface area contributed by atoms with Gasteiger partial charge >= 0.3 is 0 Å². The standard InChI is InChI=1S/C19H23N3S/c1-21-11-10-17-16(12-21)15-4-3-5-18(19(15)22(17)2)23-14-8-6-13(20)7-9-14/h3-9,16-17H,10-12,20H2,1-2H3/t16-,17+/m0/s1. The van der Waals surface area contributed by atoms with Crippen LogP contribution in [0.3, 0.4) is 0 Å². The topological polar surface area (TPSA) is 32.5 Å². The predicted molar refractivity (Wildman–Crippen MR) is 98.5 cm³/mol. The molecule has 2 heterocycles.